The lowest BCUT2D eigenvalue weighted by atomic mass is 9.75. The van der Waals surface area contributed by atoms with E-state index in [9.17, 15) is 4.79 Å². The monoisotopic (exact) mass is 274 g/mol. The van der Waals surface area contributed by atoms with Crippen LogP contribution in [0, 0.1) is 11.8 Å². The second-order valence-corrected chi connectivity index (χ2v) is 5.91. The molecule has 1 saturated carbocycles. The molecule has 0 radical (unpaired) electrons. The second kappa shape index (κ2) is 5.79. The minimum atomic E-state index is 0.0510. The van der Waals surface area contributed by atoms with E-state index in [-0.39, 0.29) is 5.91 Å². The molecule has 20 heavy (non-hydrogen) atoms. The van der Waals surface area contributed by atoms with Crippen LogP contribution in [0.4, 0.5) is 5.69 Å². The Morgan fingerprint density at radius 3 is 2.90 bits per heavy atom. The smallest absolute Gasteiger partial charge is 0.257 e. The van der Waals surface area contributed by atoms with E-state index >= 15 is 0 Å². The largest absolute Gasteiger partial charge is 0.338 e. The van der Waals surface area contributed by atoms with Crippen molar-refractivity contribution in [2.45, 2.75) is 32.1 Å². The number of aromatic nitrogens is 1. The second-order valence-electron chi connectivity index (χ2n) is 5.91. The first kappa shape index (κ1) is 13.4. The van der Waals surface area contributed by atoms with Crippen molar-refractivity contribution in [1.82, 2.24) is 9.88 Å². The molecule has 2 atom stereocenters. The Morgan fingerprint density at radius 2 is 2.10 bits per heavy atom. The van der Waals surface area contributed by atoms with E-state index in [1.807, 2.05) is 4.90 Å². The normalized spacial score (nSPS) is 25.9. The van der Waals surface area contributed by atoms with Crippen LogP contribution < -0.4 is 11.3 Å². The molecule has 2 aliphatic rings. The van der Waals surface area contributed by atoms with Gasteiger partial charge in [-0.15, -0.1) is 0 Å². The van der Waals surface area contributed by atoms with Crippen molar-refractivity contribution in [3.8, 4) is 0 Å². The summed E-state index contributed by atoms with van der Waals surface area (Å²) in [7, 11) is 0. The van der Waals surface area contributed by atoms with Crippen LogP contribution in [0.1, 0.15) is 42.5 Å². The highest BCUT2D eigenvalue weighted by atomic mass is 16.2. The third-order valence-corrected chi connectivity index (χ3v) is 4.79. The highest BCUT2D eigenvalue weighted by Crippen LogP contribution is 2.36. The predicted molar refractivity (Wildman–Crippen MR) is 78.0 cm³/mol. The fourth-order valence-electron chi connectivity index (χ4n) is 3.65. The van der Waals surface area contributed by atoms with Crippen LogP contribution in [-0.2, 0) is 0 Å². The minimum Gasteiger partial charge on any atom is -0.338 e. The van der Waals surface area contributed by atoms with Gasteiger partial charge in [-0.2, -0.15) is 0 Å². The molecule has 108 valence electrons. The van der Waals surface area contributed by atoms with E-state index in [0.29, 0.717) is 17.2 Å². The van der Waals surface area contributed by atoms with Crippen molar-refractivity contribution >= 4 is 11.6 Å². The van der Waals surface area contributed by atoms with Gasteiger partial charge in [-0.05, 0) is 30.7 Å². The van der Waals surface area contributed by atoms with Gasteiger partial charge in [0.05, 0.1) is 11.3 Å². The van der Waals surface area contributed by atoms with Gasteiger partial charge in [0, 0.05) is 25.5 Å². The Morgan fingerprint density at radius 1 is 1.30 bits per heavy atom. The first-order chi connectivity index (χ1) is 9.79. The number of carbonyl (C=O) groups is 1. The van der Waals surface area contributed by atoms with E-state index in [1.54, 1.807) is 18.5 Å². The molecular formula is C15H22N4O. The minimum absolute atomic E-state index is 0.0510. The van der Waals surface area contributed by atoms with Crippen LogP contribution in [-0.4, -0.2) is 28.9 Å². The standard InChI is InChI=1S/C15H22N4O/c16-18-14-5-7-17-9-13(14)15(20)19-8-6-11-3-1-2-4-12(11)10-19/h5,7,9,11-12H,1-4,6,8,10,16H2,(H,17,18). The lowest BCUT2D eigenvalue weighted by molar-refractivity contribution is 0.0521. The number of hydrazine groups is 1. The van der Waals surface area contributed by atoms with Crippen LogP contribution in [0.25, 0.3) is 0 Å². The fraction of sp³-hybridized carbons (Fsp3) is 0.600. The number of amides is 1. The third kappa shape index (κ3) is 2.50. The van der Waals surface area contributed by atoms with Crippen molar-refractivity contribution in [1.29, 1.82) is 0 Å². The predicted octanol–water partition coefficient (Wildman–Crippen LogP) is 2.02. The summed E-state index contributed by atoms with van der Waals surface area (Å²) < 4.78 is 0. The Hall–Kier alpha value is -1.62. The molecule has 0 aromatic carbocycles. The highest BCUT2D eigenvalue weighted by molar-refractivity contribution is 5.99. The molecule has 2 fully saturated rings. The van der Waals surface area contributed by atoms with Gasteiger partial charge in [-0.25, -0.2) is 0 Å². The molecule has 3 N–H and O–H groups in total. The summed E-state index contributed by atoms with van der Waals surface area (Å²) in [5, 5.41) is 0. The van der Waals surface area contributed by atoms with Crippen molar-refractivity contribution in [3.63, 3.8) is 0 Å². The van der Waals surface area contributed by atoms with Crippen molar-refractivity contribution in [2.24, 2.45) is 17.7 Å². The summed E-state index contributed by atoms with van der Waals surface area (Å²) in [6.45, 7) is 1.75. The molecule has 1 saturated heterocycles. The fourth-order valence-corrected chi connectivity index (χ4v) is 3.65. The lowest BCUT2D eigenvalue weighted by Gasteiger charge is -2.41. The number of hydrogen-bond acceptors (Lipinski definition) is 4. The number of hydrogen-bond donors (Lipinski definition) is 2. The quantitative estimate of drug-likeness (QED) is 0.639. The van der Waals surface area contributed by atoms with Gasteiger partial charge in [-0.1, -0.05) is 19.3 Å². The first-order valence-electron chi connectivity index (χ1n) is 7.49. The zero-order valence-electron chi connectivity index (χ0n) is 11.7. The van der Waals surface area contributed by atoms with Gasteiger partial charge in [0.1, 0.15) is 0 Å². The van der Waals surface area contributed by atoms with Crippen molar-refractivity contribution in [3.05, 3.63) is 24.0 Å². The van der Waals surface area contributed by atoms with E-state index in [2.05, 4.69) is 10.4 Å². The molecule has 2 unspecified atom stereocenters. The van der Waals surface area contributed by atoms with Crippen LogP contribution in [0.5, 0.6) is 0 Å². The molecule has 0 spiro atoms. The zero-order valence-corrected chi connectivity index (χ0v) is 11.7. The van der Waals surface area contributed by atoms with Crippen LogP contribution in [0.2, 0.25) is 0 Å². The number of likely N-dealkylation sites (tertiary alicyclic amines) is 1. The molecule has 2 heterocycles. The van der Waals surface area contributed by atoms with Gasteiger partial charge >= 0.3 is 0 Å². The lowest BCUT2D eigenvalue weighted by Crippen LogP contribution is -2.45. The van der Waals surface area contributed by atoms with Crippen LogP contribution >= 0.6 is 0 Å². The van der Waals surface area contributed by atoms with E-state index < -0.39 is 0 Å². The number of nitrogens with one attached hydrogen (secondary N) is 1. The number of nitrogens with zero attached hydrogens (tertiary/aromatic N) is 2. The number of fused-ring (bicyclic) bond motifs is 1. The molecule has 1 aromatic heterocycles. The summed E-state index contributed by atoms with van der Waals surface area (Å²) in [6.07, 6.45) is 9.66. The molecule has 5 nitrogen and oxygen atoms in total. The molecule has 5 heteroatoms. The van der Waals surface area contributed by atoms with Crippen LogP contribution in [0.15, 0.2) is 18.5 Å². The number of anilines is 1. The summed E-state index contributed by atoms with van der Waals surface area (Å²) in [4.78, 5) is 18.7. The summed E-state index contributed by atoms with van der Waals surface area (Å²) in [6, 6.07) is 1.74. The van der Waals surface area contributed by atoms with Crippen molar-refractivity contribution < 1.29 is 4.79 Å². The topological polar surface area (TPSA) is 71.2 Å². The summed E-state index contributed by atoms with van der Waals surface area (Å²) in [5.41, 5.74) is 3.81. The zero-order chi connectivity index (χ0) is 13.9. The van der Waals surface area contributed by atoms with Gasteiger partial charge in [0.25, 0.3) is 5.91 Å². The number of nitrogens with two attached hydrogens (primary N) is 1. The number of pyridine rings is 1. The molecule has 1 amide bonds. The molecule has 0 bridgehead atoms. The Labute approximate surface area is 119 Å². The summed E-state index contributed by atoms with van der Waals surface area (Å²) >= 11 is 0. The summed E-state index contributed by atoms with van der Waals surface area (Å²) in [5.74, 6) is 7.04. The van der Waals surface area contributed by atoms with Crippen molar-refractivity contribution in [2.75, 3.05) is 18.5 Å². The van der Waals surface area contributed by atoms with Gasteiger partial charge < -0.3 is 10.3 Å². The molecule has 1 aliphatic heterocycles. The van der Waals surface area contributed by atoms with E-state index in [4.69, 9.17) is 5.84 Å². The molecule has 1 aromatic rings. The molecular weight excluding hydrogens is 252 g/mol. The SMILES string of the molecule is NNc1ccncc1C(=O)N1CCC2CCCCC2C1. The van der Waals surface area contributed by atoms with Gasteiger partial charge in [0.15, 0.2) is 0 Å². The number of piperidine rings is 1. The average molecular weight is 274 g/mol. The maximum atomic E-state index is 12.6. The van der Waals surface area contributed by atoms with Gasteiger partial charge in [-0.3, -0.25) is 15.6 Å². The van der Waals surface area contributed by atoms with Crippen LogP contribution in [0.3, 0.4) is 0 Å². The van der Waals surface area contributed by atoms with Gasteiger partial charge in [0.2, 0.25) is 0 Å². The Kier molecular flexibility index (Phi) is 3.87. The number of rotatable bonds is 2. The maximum Gasteiger partial charge on any atom is 0.257 e. The van der Waals surface area contributed by atoms with E-state index in [1.165, 1.54) is 25.7 Å². The number of carbonyl (C=O) groups excluding carboxylic acids is 1. The highest BCUT2D eigenvalue weighted by Gasteiger charge is 2.33. The molecule has 3 rings (SSSR count). The first-order valence-corrected chi connectivity index (χ1v) is 7.49. The number of nitrogen functional groups attached to an aromatic ring is 1. The van der Waals surface area contributed by atoms with E-state index in [0.717, 1.165) is 25.4 Å². The average Bonchev–Trinajstić information content (AvgIpc) is 2.53. The maximum absolute atomic E-state index is 12.6. The molecule has 1 aliphatic carbocycles. The Balaban J connectivity index is 1.74. The third-order valence-electron chi connectivity index (χ3n) is 4.79. The Bertz CT molecular complexity index is 491.